The lowest BCUT2D eigenvalue weighted by molar-refractivity contribution is 0.150. The van der Waals surface area contributed by atoms with Crippen LogP contribution in [0.4, 0.5) is 0 Å². The van der Waals surface area contributed by atoms with Crippen molar-refractivity contribution in [2.45, 2.75) is 58.5 Å². The van der Waals surface area contributed by atoms with E-state index in [0.717, 1.165) is 5.92 Å². The Bertz CT molecular complexity index is 183. The predicted octanol–water partition coefficient (Wildman–Crippen LogP) is 2.49. The molecule has 1 saturated heterocycles. The number of likely N-dealkylation sites (N-methyl/N-ethyl adjacent to an activating group) is 1. The van der Waals surface area contributed by atoms with Crippen molar-refractivity contribution in [3.05, 3.63) is 0 Å². The highest BCUT2D eigenvalue weighted by atomic mass is 15.2. The van der Waals surface area contributed by atoms with Crippen molar-refractivity contribution >= 4 is 0 Å². The van der Waals surface area contributed by atoms with Gasteiger partial charge in [0.2, 0.25) is 0 Å². The smallest absolute Gasteiger partial charge is 0.0306 e. The normalized spacial score (nSPS) is 29.0. The Hall–Kier alpha value is -0.0800. The maximum absolute atomic E-state index is 3.70. The standard InChI is InChI=1S/C13H28N2/c1-6-13(8-7-9-14-13)10-15(5)12(4)11(2)3/h11-12,14H,6-10H2,1-5H3. The highest BCUT2D eigenvalue weighted by molar-refractivity contribution is 4.94. The zero-order valence-corrected chi connectivity index (χ0v) is 11.1. The van der Waals surface area contributed by atoms with E-state index >= 15 is 0 Å². The second-order valence-electron chi connectivity index (χ2n) is 5.56. The Labute approximate surface area is 95.4 Å². The van der Waals surface area contributed by atoms with E-state index in [1.165, 1.54) is 32.4 Å². The summed E-state index contributed by atoms with van der Waals surface area (Å²) in [5.74, 6) is 0.741. The molecule has 2 heteroatoms. The molecule has 1 rings (SSSR count). The fourth-order valence-corrected chi connectivity index (χ4v) is 2.55. The van der Waals surface area contributed by atoms with Crippen LogP contribution in [0, 0.1) is 5.92 Å². The third-order valence-corrected chi connectivity index (χ3v) is 4.22. The number of hydrogen-bond donors (Lipinski definition) is 1. The predicted molar refractivity (Wildman–Crippen MR) is 67.2 cm³/mol. The van der Waals surface area contributed by atoms with Gasteiger partial charge in [0.05, 0.1) is 0 Å². The van der Waals surface area contributed by atoms with Crippen LogP contribution in [0.2, 0.25) is 0 Å². The number of nitrogens with zero attached hydrogens (tertiary/aromatic N) is 1. The monoisotopic (exact) mass is 212 g/mol. The third kappa shape index (κ3) is 3.18. The summed E-state index contributed by atoms with van der Waals surface area (Å²) in [5, 5.41) is 3.70. The number of rotatable bonds is 5. The van der Waals surface area contributed by atoms with Gasteiger partial charge in [-0.15, -0.1) is 0 Å². The summed E-state index contributed by atoms with van der Waals surface area (Å²) >= 11 is 0. The summed E-state index contributed by atoms with van der Waals surface area (Å²) in [4.78, 5) is 2.52. The van der Waals surface area contributed by atoms with Crippen LogP contribution in [0.5, 0.6) is 0 Å². The quantitative estimate of drug-likeness (QED) is 0.753. The van der Waals surface area contributed by atoms with Crippen LogP contribution < -0.4 is 5.32 Å². The minimum Gasteiger partial charge on any atom is -0.310 e. The van der Waals surface area contributed by atoms with Gasteiger partial charge in [-0.3, -0.25) is 0 Å². The van der Waals surface area contributed by atoms with Crippen LogP contribution in [-0.4, -0.2) is 36.6 Å². The van der Waals surface area contributed by atoms with Gasteiger partial charge in [-0.2, -0.15) is 0 Å². The van der Waals surface area contributed by atoms with Gasteiger partial charge in [-0.25, -0.2) is 0 Å². The molecule has 1 heterocycles. The summed E-state index contributed by atoms with van der Waals surface area (Å²) in [6.07, 6.45) is 3.94. The van der Waals surface area contributed by atoms with Crippen molar-refractivity contribution in [1.82, 2.24) is 10.2 Å². The molecule has 1 aliphatic heterocycles. The zero-order valence-electron chi connectivity index (χ0n) is 11.1. The van der Waals surface area contributed by atoms with Gasteiger partial charge >= 0.3 is 0 Å². The van der Waals surface area contributed by atoms with E-state index in [1.54, 1.807) is 0 Å². The lowest BCUT2D eigenvalue weighted by Gasteiger charge is -2.37. The Morgan fingerprint density at radius 1 is 1.33 bits per heavy atom. The SMILES string of the molecule is CCC1(CN(C)C(C)C(C)C)CCCN1. The fraction of sp³-hybridized carbons (Fsp3) is 1.00. The summed E-state index contributed by atoms with van der Waals surface area (Å²) in [6, 6.07) is 0.677. The van der Waals surface area contributed by atoms with Gasteiger partial charge in [0.25, 0.3) is 0 Å². The molecule has 2 nitrogen and oxygen atoms in total. The number of hydrogen-bond acceptors (Lipinski definition) is 2. The van der Waals surface area contributed by atoms with Crippen LogP contribution in [0.25, 0.3) is 0 Å². The highest BCUT2D eigenvalue weighted by Crippen LogP contribution is 2.25. The summed E-state index contributed by atoms with van der Waals surface area (Å²) < 4.78 is 0. The third-order valence-electron chi connectivity index (χ3n) is 4.22. The highest BCUT2D eigenvalue weighted by Gasteiger charge is 2.33. The molecule has 1 aliphatic rings. The molecular formula is C13H28N2. The van der Waals surface area contributed by atoms with Crippen LogP contribution in [0.3, 0.4) is 0 Å². The molecular weight excluding hydrogens is 184 g/mol. The van der Waals surface area contributed by atoms with E-state index < -0.39 is 0 Å². The first-order valence-electron chi connectivity index (χ1n) is 6.46. The topological polar surface area (TPSA) is 15.3 Å². The second kappa shape index (κ2) is 5.31. The Balaban J connectivity index is 2.51. The van der Waals surface area contributed by atoms with Crippen molar-refractivity contribution in [3.63, 3.8) is 0 Å². The molecule has 0 amide bonds. The second-order valence-corrected chi connectivity index (χ2v) is 5.56. The van der Waals surface area contributed by atoms with Gasteiger partial charge in [-0.1, -0.05) is 20.8 Å². The van der Waals surface area contributed by atoms with E-state index in [4.69, 9.17) is 0 Å². The van der Waals surface area contributed by atoms with Crippen molar-refractivity contribution in [1.29, 1.82) is 0 Å². The lowest BCUT2D eigenvalue weighted by Crippen LogP contribution is -2.51. The Morgan fingerprint density at radius 2 is 2.00 bits per heavy atom. The van der Waals surface area contributed by atoms with Gasteiger partial charge in [0, 0.05) is 18.1 Å². The average molecular weight is 212 g/mol. The summed E-state index contributed by atoms with van der Waals surface area (Å²) in [7, 11) is 2.27. The van der Waals surface area contributed by atoms with E-state index in [1.807, 2.05) is 0 Å². The first-order valence-corrected chi connectivity index (χ1v) is 6.46. The Morgan fingerprint density at radius 3 is 2.40 bits per heavy atom. The summed E-state index contributed by atoms with van der Waals surface area (Å²) in [5.41, 5.74) is 0.401. The lowest BCUT2D eigenvalue weighted by atomic mass is 9.92. The molecule has 1 fully saturated rings. The molecule has 0 aromatic heterocycles. The van der Waals surface area contributed by atoms with E-state index in [2.05, 4.69) is 45.0 Å². The largest absolute Gasteiger partial charge is 0.310 e. The van der Waals surface area contributed by atoms with Gasteiger partial charge in [0.1, 0.15) is 0 Å². The van der Waals surface area contributed by atoms with Crippen molar-refractivity contribution < 1.29 is 0 Å². The van der Waals surface area contributed by atoms with Crippen molar-refractivity contribution in [2.75, 3.05) is 20.1 Å². The molecule has 2 unspecified atom stereocenters. The minimum atomic E-state index is 0.401. The molecule has 0 radical (unpaired) electrons. The maximum Gasteiger partial charge on any atom is 0.0306 e. The molecule has 0 aliphatic carbocycles. The molecule has 0 saturated carbocycles. The molecule has 0 spiro atoms. The molecule has 0 bridgehead atoms. The molecule has 15 heavy (non-hydrogen) atoms. The minimum absolute atomic E-state index is 0.401. The maximum atomic E-state index is 3.70. The van der Waals surface area contributed by atoms with Gasteiger partial charge < -0.3 is 10.2 Å². The zero-order chi connectivity index (χ0) is 11.5. The van der Waals surface area contributed by atoms with Crippen LogP contribution >= 0.6 is 0 Å². The van der Waals surface area contributed by atoms with Crippen molar-refractivity contribution in [2.24, 2.45) is 5.92 Å². The van der Waals surface area contributed by atoms with Crippen LogP contribution in [0.15, 0.2) is 0 Å². The van der Waals surface area contributed by atoms with Crippen LogP contribution in [0.1, 0.15) is 47.0 Å². The van der Waals surface area contributed by atoms with E-state index in [9.17, 15) is 0 Å². The number of nitrogens with one attached hydrogen (secondary N) is 1. The van der Waals surface area contributed by atoms with Crippen LogP contribution in [-0.2, 0) is 0 Å². The first kappa shape index (κ1) is 13.0. The Kier molecular flexibility index (Phi) is 4.60. The first-order chi connectivity index (χ1) is 7.01. The van der Waals surface area contributed by atoms with Gasteiger partial charge in [0.15, 0.2) is 0 Å². The summed E-state index contributed by atoms with van der Waals surface area (Å²) in [6.45, 7) is 11.7. The van der Waals surface area contributed by atoms with Crippen molar-refractivity contribution in [3.8, 4) is 0 Å². The van der Waals surface area contributed by atoms with Gasteiger partial charge in [-0.05, 0) is 45.7 Å². The molecule has 1 N–H and O–H groups in total. The van der Waals surface area contributed by atoms with E-state index in [0.29, 0.717) is 11.6 Å². The fourth-order valence-electron chi connectivity index (χ4n) is 2.55. The molecule has 0 aromatic rings. The molecule has 2 atom stereocenters. The average Bonchev–Trinajstić information content (AvgIpc) is 2.65. The molecule has 0 aromatic carbocycles. The molecule has 90 valence electrons. The van der Waals surface area contributed by atoms with E-state index in [-0.39, 0.29) is 0 Å².